The van der Waals surface area contributed by atoms with Crippen LogP contribution in [0.5, 0.6) is 0 Å². The fourth-order valence-electron chi connectivity index (χ4n) is 2.25. The van der Waals surface area contributed by atoms with Crippen LogP contribution in [0.15, 0.2) is 18.2 Å². The van der Waals surface area contributed by atoms with Crippen LogP contribution in [0.3, 0.4) is 0 Å². The quantitative estimate of drug-likeness (QED) is 0.366. The molecule has 1 aliphatic heterocycles. The van der Waals surface area contributed by atoms with E-state index in [1.807, 2.05) is 27.7 Å². The van der Waals surface area contributed by atoms with Crippen molar-refractivity contribution in [3.8, 4) is 0 Å². The zero-order valence-electron chi connectivity index (χ0n) is 13.9. The van der Waals surface area contributed by atoms with Crippen LogP contribution < -0.4 is 5.46 Å². The molecule has 1 aliphatic rings. The fourth-order valence-corrected chi connectivity index (χ4v) is 2.25. The van der Waals surface area contributed by atoms with E-state index in [1.165, 1.54) is 12.1 Å². The summed E-state index contributed by atoms with van der Waals surface area (Å²) in [4.78, 5) is 23.9. The summed E-state index contributed by atoms with van der Waals surface area (Å²) in [7, 11) is -0.941. The molecule has 0 amide bonds. The minimum Gasteiger partial charge on any atom is -0.460 e. The number of ether oxygens (including phenoxy) is 1. The van der Waals surface area contributed by atoms with Gasteiger partial charge < -0.3 is 14.0 Å². The van der Waals surface area contributed by atoms with Gasteiger partial charge in [0.05, 0.1) is 23.4 Å². The molecule has 0 atom stereocenters. The minimum atomic E-state index is -1.10. The highest BCUT2D eigenvalue weighted by Gasteiger charge is 2.52. The van der Waals surface area contributed by atoms with Crippen LogP contribution in [0.4, 0.5) is 4.39 Å². The van der Waals surface area contributed by atoms with Gasteiger partial charge in [-0.25, -0.2) is 9.18 Å². The number of hydrogen-bond acceptors (Lipinski definition) is 5. The molecule has 0 radical (unpaired) electrons. The van der Waals surface area contributed by atoms with Crippen molar-refractivity contribution in [3.05, 3.63) is 29.6 Å². The Labute approximate surface area is 135 Å². The molecule has 23 heavy (non-hydrogen) atoms. The first kappa shape index (κ1) is 17.6. The van der Waals surface area contributed by atoms with E-state index in [9.17, 15) is 14.0 Å². The topological polar surface area (TPSA) is 61.8 Å². The smallest absolute Gasteiger partial charge is 0.460 e. The first-order chi connectivity index (χ1) is 10.6. The van der Waals surface area contributed by atoms with Gasteiger partial charge in [0, 0.05) is 0 Å². The molecule has 0 aliphatic carbocycles. The van der Waals surface area contributed by atoms with E-state index in [-0.39, 0.29) is 17.6 Å². The molecule has 0 bridgehead atoms. The van der Waals surface area contributed by atoms with Gasteiger partial charge in [-0.3, -0.25) is 4.79 Å². The maximum Gasteiger partial charge on any atom is 0.495 e. The normalized spacial score (nSPS) is 18.8. The Bertz CT molecular complexity index is 625. The number of Topliss-reactive ketones (excluding diaryl/α,β-unsaturated/α-hetero) is 1. The van der Waals surface area contributed by atoms with Crippen LogP contribution in [-0.4, -0.2) is 36.7 Å². The summed E-state index contributed by atoms with van der Waals surface area (Å²) in [6, 6.07) is 4.07. The molecule has 0 N–H and O–H groups in total. The van der Waals surface area contributed by atoms with E-state index in [4.69, 9.17) is 9.31 Å². The van der Waals surface area contributed by atoms with Gasteiger partial charge in [-0.05, 0) is 46.1 Å². The molecule has 1 saturated heterocycles. The van der Waals surface area contributed by atoms with E-state index >= 15 is 0 Å². The number of ketones is 1. The molecule has 5 nitrogen and oxygen atoms in total. The first-order valence-corrected chi connectivity index (χ1v) is 7.46. The van der Waals surface area contributed by atoms with Crippen LogP contribution in [0, 0.1) is 5.82 Å². The molecule has 0 saturated carbocycles. The van der Waals surface area contributed by atoms with Crippen LogP contribution in [0.25, 0.3) is 0 Å². The standard InChI is InChI=1S/C16H20BFO5/c1-6-21-14(20)13(19)12-10(8-7-9-11(12)18)17-22-15(2,3)16(4,5)23-17/h7-9H,6H2,1-5H3. The second kappa shape index (κ2) is 6.05. The maximum absolute atomic E-state index is 14.2. The van der Waals surface area contributed by atoms with Gasteiger partial charge in [-0.1, -0.05) is 12.1 Å². The summed E-state index contributed by atoms with van der Waals surface area (Å²) in [5, 5.41) is 0. The van der Waals surface area contributed by atoms with E-state index in [1.54, 1.807) is 6.92 Å². The molecule has 1 fully saturated rings. The molecule has 0 unspecified atom stereocenters. The van der Waals surface area contributed by atoms with Crippen molar-refractivity contribution in [2.24, 2.45) is 0 Å². The molecule has 2 rings (SSSR count). The van der Waals surface area contributed by atoms with Gasteiger partial charge in [0.15, 0.2) is 0 Å². The predicted molar refractivity (Wildman–Crippen MR) is 83.1 cm³/mol. The lowest BCUT2D eigenvalue weighted by atomic mass is 9.75. The largest absolute Gasteiger partial charge is 0.495 e. The molecule has 0 aromatic heterocycles. The Morgan fingerprint density at radius 2 is 1.74 bits per heavy atom. The number of halogens is 1. The van der Waals surface area contributed by atoms with Crippen LogP contribution in [0.1, 0.15) is 45.0 Å². The SMILES string of the molecule is CCOC(=O)C(=O)c1c(F)cccc1B1OC(C)(C)C(C)(C)O1. The van der Waals surface area contributed by atoms with Gasteiger partial charge in [-0.15, -0.1) is 0 Å². The van der Waals surface area contributed by atoms with Crippen LogP contribution >= 0.6 is 0 Å². The zero-order valence-corrected chi connectivity index (χ0v) is 13.9. The summed E-state index contributed by atoms with van der Waals surface area (Å²) >= 11 is 0. The zero-order chi connectivity index (χ0) is 17.4. The number of carbonyl (C=O) groups is 2. The lowest BCUT2D eigenvalue weighted by Crippen LogP contribution is -2.41. The van der Waals surface area contributed by atoms with Crippen molar-refractivity contribution in [1.29, 1.82) is 0 Å². The summed E-state index contributed by atoms with van der Waals surface area (Å²) < 4.78 is 30.6. The van der Waals surface area contributed by atoms with Gasteiger partial charge in [0.25, 0.3) is 5.78 Å². The average molecular weight is 322 g/mol. The highest BCUT2D eigenvalue weighted by atomic mass is 19.1. The number of hydrogen-bond donors (Lipinski definition) is 0. The molecule has 1 heterocycles. The van der Waals surface area contributed by atoms with E-state index in [0.717, 1.165) is 6.07 Å². The van der Waals surface area contributed by atoms with E-state index in [2.05, 4.69) is 4.74 Å². The van der Waals surface area contributed by atoms with Gasteiger partial charge in [0.1, 0.15) is 5.82 Å². The molecular formula is C16H20BFO5. The minimum absolute atomic E-state index is 0.0326. The molecular weight excluding hydrogens is 302 g/mol. The lowest BCUT2D eigenvalue weighted by Gasteiger charge is -2.32. The Balaban J connectivity index is 2.44. The Hall–Kier alpha value is -1.73. The highest BCUT2D eigenvalue weighted by molar-refractivity contribution is 6.65. The highest BCUT2D eigenvalue weighted by Crippen LogP contribution is 2.36. The van der Waals surface area contributed by atoms with Crippen molar-refractivity contribution in [1.82, 2.24) is 0 Å². The van der Waals surface area contributed by atoms with Crippen LogP contribution in [-0.2, 0) is 18.8 Å². The molecule has 0 spiro atoms. The van der Waals surface area contributed by atoms with Crippen molar-refractivity contribution in [3.63, 3.8) is 0 Å². The maximum atomic E-state index is 14.2. The number of rotatable bonds is 4. The predicted octanol–water partition coefficient (Wildman–Crippen LogP) is 1.87. The molecule has 7 heteroatoms. The third kappa shape index (κ3) is 3.16. The van der Waals surface area contributed by atoms with Crippen molar-refractivity contribution < 1.29 is 28.0 Å². The second-order valence-electron chi connectivity index (χ2n) is 6.34. The lowest BCUT2D eigenvalue weighted by molar-refractivity contribution is -0.137. The number of benzene rings is 1. The first-order valence-electron chi connectivity index (χ1n) is 7.46. The van der Waals surface area contributed by atoms with E-state index in [0.29, 0.717) is 0 Å². The fraction of sp³-hybridized carbons (Fsp3) is 0.500. The van der Waals surface area contributed by atoms with Gasteiger partial charge in [0.2, 0.25) is 0 Å². The molecule has 124 valence electrons. The molecule has 1 aromatic rings. The summed E-state index contributed by atoms with van der Waals surface area (Å²) in [6.07, 6.45) is 0. The monoisotopic (exact) mass is 322 g/mol. The van der Waals surface area contributed by atoms with Gasteiger partial charge in [-0.2, -0.15) is 0 Å². The van der Waals surface area contributed by atoms with Gasteiger partial charge >= 0.3 is 13.1 Å². The molecule has 1 aromatic carbocycles. The third-order valence-corrected chi connectivity index (χ3v) is 4.24. The summed E-state index contributed by atoms with van der Waals surface area (Å²) in [6.45, 7) is 8.99. The van der Waals surface area contributed by atoms with Crippen molar-refractivity contribution in [2.75, 3.05) is 6.61 Å². The van der Waals surface area contributed by atoms with Crippen molar-refractivity contribution in [2.45, 2.75) is 45.8 Å². The summed E-state index contributed by atoms with van der Waals surface area (Å²) in [5.41, 5.74) is -1.48. The average Bonchev–Trinajstić information content (AvgIpc) is 2.66. The number of esters is 1. The van der Waals surface area contributed by atoms with Crippen LogP contribution in [0.2, 0.25) is 0 Å². The third-order valence-electron chi connectivity index (χ3n) is 4.24. The number of carbonyl (C=O) groups excluding carboxylic acids is 2. The van der Waals surface area contributed by atoms with E-state index < -0.39 is 35.9 Å². The summed E-state index contributed by atoms with van der Waals surface area (Å²) in [5.74, 6) is -2.96. The second-order valence-corrected chi connectivity index (χ2v) is 6.34. The Kier molecular flexibility index (Phi) is 4.64. The Morgan fingerprint density at radius 3 is 2.26 bits per heavy atom. The van der Waals surface area contributed by atoms with Crippen molar-refractivity contribution >= 4 is 24.3 Å². The Morgan fingerprint density at radius 1 is 1.17 bits per heavy atom.